The zero-order valence-corrected chi connectivity index (χ0v) is 13.4. The van der Waals surface area contributed by atoms with Crippen molar-refractivity contribution >= 4 is 11.7 Å². The number of benzene rings is 1. The summed E-state index contributed by atoms with van der Waals surface area (Å²) in [4.78, 5) is 16.3. The van der Waals surface area contributed by atoms with E-state index < -0.39 is 11.8 Å². The Kier molecular flexibility index (Phi) is 4.89. The Morgan fingerprint density at radius 3 is 2.88 bits per heavy atom. The minimum absolute atomic E-state index is 0.116. The Balaban J connectivity index is 1.64. The summed E-state index contributed by atoms with van der Waals surface area (Å²) in [6, 6.07) is 9.15. The minimum atomic E-state index is -0.548. The van der Waals surface area contributed by atoms with Crippen molar-refractivity contribution in [3.63, 3.8) is 0 Å². The van der Waals surface area contributed by atoms with Gasteiger partial charge in [-0.15, -0.1) is 0 Å². The Morgan fingerprint density at radius 2 is 2.16 bits per heavy atom. The second-order valence-electron chi connectivity index (χ2n) is 5.09. The zero-order chi connectivity index (χ0) is 17.6. The third-order valence-electron chi connectivity index (χ3n) is 3.44. The number of halogens is 1. The van der Waals surface area contributed by atoms with Gasteiger partial charge < -0.3 is 15.4 Å². The lowest BCUT2D eigenvalue weighted by Crippen LogP contribution is -2.28. The summed E-state index contributed by atoms with van der Waals surface area (Å²) in [6.07, 6.45) is 5.07. The third-order valence-corrected chi connectivity index (χ3v) is 3.44. The Labute approximate surface area is 143 Å². The number of urea groups is 1. The molecule has 0 radical (unpaired) electrons. The molecule has 0 fully saturated rings. The van der Waals surface area contributed by atoms with Crippen LogP contribution in [0.15, 0.2) is 55.0 Å². The van der Waals surface area contributed by atoms with Crippen LogP contribution in [0.5, 0.6) is 5.75 Å². The van der Waals surface area contributed by atoms with E-state index in [0.717, 1.165) is 5.56 Å². The third kappa shape index (κ3) is 3.92. The van der Waals surface area contributed by atoms with E-state index in [1.54, 1.807) is 41.5 Å². The van der Waals surface area contributed by atoms with Crippen molar-refractivity contribution in [3.8, 4) is 11.6 Å². The van der Waals surface area contributed by atoms with Crippen LogP contribution in [0.2, 0.25) is 0 Å². The van der Waals surface area contributed by atoms with E-state index in [-0.39, 0.29) is 12.3 Å². The van der Waals surface area contributed by atoms with Crippen molar-refractivity contribution in [2.45, 2.75) is 6.54 Å². The maximum atomic E-state index is 13.6. The lowest BCUT2D eigenvalue weighted by atomic mass is 10.2. The maximum Gasteiger partial charge on any atom is 0.319 e. The topological polar surface area (TPSA) is 81.1 Å². The summed E-state index contributed by atoms with van der Waals surface area (Å²) in [5, 5.41) is 9.42. The number of hydrogen-bond donors (Lipinski definition) is 2. The molecule has 0 atom stereocenters. The lowest BCUT2D eigenvalue weighted by Gasteiger charge is -2.11. The summed E-state index contributed by atoms with van der Waals surface area (Å²) in [5.41, 5.74) is 1.12. The van der Waals surface area contributed by atoms with Gasteiger partial charge in [-0.3, -0.25) is 0 Å². The van der Waals surface area contributed by atoms with Gasteiger partial charge in [-0.05, 0) is 24.3 Å². The average Bonchev–Trinajstić information content (AvgIpc) is 3.15. The first-order valence-corrected chi connectivity index (χ1v) is 7.49. The molecule has 0 bridgehead atoms. The van der Waals surface area contributed by atoms with Crippen LogP contribution in [-0.2, 0) is 6.54 Å². The van der Waals surface area contributed by atoms with E-state index in [0.29, 0.717) is 11.5 Å². The molecule has 7 nitrogen and oxygen atoms in total. The van der Waals surface area contributed by atoms with Crippen LogP contribution in [0.1, 0.15) is 5.56 Å². The Morgan fingerprint density at radius 1 is 1.28 bits per heavy atom. The van der Waals surface area contributed by atoms with Gasteiger partial charge >= 0.3 is 6.03 Å². The monoisotopic (exact) mass is 341 g/mol. The second-order valence-corrected chi connectivity index (χ2v) is 5.09. The van der Waals surface area contributed by atoms with Crippen LogP contribution in [-0.4, -0.2) is 27.9 Å². The van der Waals surface area contributed by atoms with Crippen molar-refractivity contribution in [1.29, 1.82) is 0 Å². The van der Waals surface area contributed by atoms with Gasteiger partial charge in [0, 0.05) is 42.5 Å². The van der Waals surface area contributed by atoms with Crippen LogP contribution in [0, 0.1) is 5.82 Å². The summed E-state index contributed by atoms with van der Waals surface area (Å²) < 4.78 is 20.1. The molecule has 25 heavy (non-hydrogen) atoms. The van der Waals surface area contributed by atoms with E-state index in [9.17, 15) is 9.18 Å². The summed E-state index contributed by atoms with van der Waals surface area (Å²) >= 11 is 0. The van der Waals surface area contributed by atoms with Gasteiger partial charge in [-0.25, -0.2) is 18.9 Å². The first kappa shape index (κ1) is 16.4. The van der Waals surface area contributed by atoms with E-state index in [1.165, 1.54) is 19.2 Å². The molecule has 0 aliphatic heterocycles. The van der Waals surface area contributed by atoms with Crippen LogP contribution in [0.3, 0.4) is 0 Å². The molecule has 0 aliphatic rings. The quantitative estimate of drug-likeness (QED) is 0.748. The van der Waals surface area contributed by atoms with Crippen molar-refractivity contribution < 1.29 is 13.9 Å². The summed E-state index contributed by atoms with van der Waals surface area (Å²) in [7, 11) is 1.38. The highest BCUT2D eigenvalue weighted by Gasteiger charge is 2.09. The fourth-order valence-corrected chi connectivity index (χ4v) is 2.26. The van der Waals surface area contributed by atoms with E-state index in [2.05, 4.69) is 20.7 Å². The molecule has 2 heterocycles. The number of carbonyl (C=O) groups is 1. The summed E-state index contributed by atoms with van der Waals surface area (Å²) in [5.74, 6) is 0.196. The SMILES string of the molecule is COc1ccc(NC(=O)NCc2cccnc2-n2cccn2)cc1F. The van der Waals surface area contributed by atoms with Crippen molar-refractivity contribution in [2.24, 2.45) is 0 Å². The number of nitrogens with one attached hydrogen (secondary N) is 2. The number of carbonyl (C=O) groups excluding carboxylic acids is 1. The van der Waals surface area contributed by atoms with Crippen LogP contribution in [0.25, 0.3) is 5.82 Å². The molecule has 0 saturated heterocycles. The minimum Gasteiger partial charge on any atom is -0.494 e. The summed E-state index contributed by atoms with van der Waals surface area (Å²) in [6.45, 7) is 0.244. The molecule has 128 valence electrons. The highest BCUT2D eigenvalue weighted by Crippen LogP contribution is 2.20. The molecule has 2 N–H and O–H groups in total. The van der Waals surface area contributed by atoms with Gasteiger partial charge in [-0.1, -0.05) is 6.07 Å². The number of ether oxygens (including phenoxy) is 1. The normalized spacial score (nSPS) is 10.3. The lowest BCUT2D eigenvalue weighted by molar-refractivity contribution is 0.251. The molecule has 1 aromatic carbocycles. The fraction of sp³-hybridized carbons (Fsp3) is 0.118. The number of rotatable bonds is 5. The molecule has 2 aromatic heterocycles. The molecule has 0 saturated carbocycles. The molecule has 3 rings (SSSR count). The highest BCUT2D eigenvalue weighted by atomic mass is 19.1. The number of anilines is 1. The number of nitrogens with zero attached hydrogens (tertiary/aromatic N) is 3. The molecule has 3 aromatic rings. The number of amides is 2. The number of methoxy groups -OCH3 is 1. The van der Waals surface area contributed by atoms with Crippen LogP contribution < -0.4 is 15.4 Å². The molecular weight excluding hydrogens is 325 g/mol. The standard InChI is InChI=1S/C17H16FN5O2/c1-25-15-6-5-13(10-14(15)18)22-17(24)20-11-12-4-2-7-19-16(12)23-9-3-8-21-23/h2-10H,11H2,1H3,(H2,20,22,24). The first-order valence-electron chi connectivity index (χ1n) is 7.49. The first-order chi connectivity index (χ1) is 12.2. The van der Waals surface area contributed by atoms with Crippen LogP contribution >= 0.6 is 0 Å². The number of hydrogen-bond acceptors (Lipinski definition) is 4. The average molecular weight is 341 g/mol. The van der Waals surface area contributed by atoms with Gasteiger partial charge in [0.15, 0.2) is 17.4 Å². The predicted molar refractivity (Wildman–Crippen MR) is 90.2 cm³/mol. The van der Waals surface area contributed by atoms with E-state index >= 15 is 0 Å². The Hall–Kier alpha value is -3.42. The highest BCUT2D eigenvalue weighted by molar-refractivity contribution is 5.89. The molecule has 8 heteroatoms. The maximum absolute atomic E-state index is 13.6. The number of aromatic nitrogens is 3. The molecule has 0 unspecified atom stereocenters. The molecular formula is C17H16FN5O2. The Bertz CT molecular complexity index is 867. The van der Waals surface area contributed by atoms with Gasteiger partial charge in [0.2, 0.25) is 0 Å². The van der Waals surface area contributed by atoms with Crippen molar-refractivity contribution in [2.75, 3.05) is 12.4 Å². The second kappa shape index (κ2) is 7.43. The van der Waals surface area contributed by atoms with E-state index in [1.807, 2.05) is 6.07 Å². The molecule has 0 spiro atoms. The number of pyridine rings is 1. The zero-order valence-electron chi connectivity index (χ0n) is 13.4. The fourth-order valence-electron chi connectivity index (χ4n) is 2.26. The van der Waals surface area contributed by atoms with Gasteiger partial charge in [-0.2, -0.15) is 5.10 Å². The largest absolute Gasteiger partial charge is 0.494 e. The van der Waals surface area contributed by atoms with Crippen molar-refractivity contribution in [1.82, 2.24) is 20.1 Å². The predicted octanol–water partition coefficient (Wildman–Crippen LogP) is 2.74. The van der Waals surface area contributed by atoms with Gasteiger partial charge in [0.25, 0.3) is 0 Å². The van der Waals surface area contributed by atoms with E-state index in [4.69, 9.17) is 4.74 Å². The molecule has 0 aliphatic carbocycles. The van der Waals surface area contributed by atoms with Crippen LogP contribution in [0.4, 0.5) is 14.9 Å². The molecule has 2 amide bonds. The van der Waals surface area contributed by atoms with Gasteiger partial charge in [0.05, 0.1) is 7.11 Å². The smallest absolute Gasteiger partial charge is 0.319 e. The van der Waals surface area contributed by atoms with Gasteiger partial charge in [0.1, 0.15) is 0 Å². The van der Waals surface area contributed by atoms with Crippen molar-refractivity contribution in [3.05, 3.63) is 66.4 Å².